The molecule has 1 unspecified atom stereocenters. The quantitative estimate of drug-likeness (QED) is 0.775. The molecule has 0 amide bonds. The maximum Gasteiger partial charge on any atom is 0.0942 e. The van der Waals surface area contributed by atoms with Gasteiger partial charge in [-0.1, -0.05) is 0 Å². The van der Waals surface area contributed by atoms with Crippen LogP contribution in [0.4, 0.5) is 0 Å². The SMILES string of the molecule is COCC1(CC2(O)CCNCC2)CCCCO1. The molecule has 0 radical (unpaired) electrons. The van der Waals surface area contributed by atoms with Crippen molar-refractivity contribution >= 4 is 0 Å². The number of rotatable bonds is 4. The molecule has 0 aromatic rings. The van der Waals surface area contributed by atoms with Crippen LogP contribution < -0.4 is 5.32 Å². The molecule has 0 aromatic heterocycles. The van der Waals surface area contributed by atoms with Gasteiger partial charge in [-0.15, -0.1) is 0 Å². The predicted molar refractivity (Wildman–Crippen MR) is 66.1 cm³/mol. The monoisotopic (exact) mass is 243 g/mol. The van der Waals surface area contributed by atoms with Gasteiger partial charge in [-0.25, -0.2) is 0 Å². The molecule has 0 bridgehead atoms. The zero-order valence-electron chi connectivity index (χ0n) is 10.8. The summed E-state index contributed by atoms with van der Waals surface area (Å²) in [5.74, 6) is 0. The fraction of sp³-hybridized carbons (Fsp3) is 1.00. The van der Waals surface area contributed by atoms with E-state index in [1.165, 1.54) is 6.42 Å². The number of methoxy groups -OCH3 is 1. The van der Waals surface area contributed by atoms with Crippen LogP contribution in [0.3, 0.4) is 0 Å². The lowest BCUT2D eigenvalue weighted by atomic mass is 9.78. The van der Waals surface area contributed by atoms with E-state index in [0.29, 0.717) is 6.61 Å². The molecular formula is C13H25NO3. The molecule has 0 saturated carbocycles. The highest BCUT2D eigenvalue weighted by molar-refractivity contribution is 4.95. The van der Waals surface area contributed by atoms with Gasteiger partial charge >= 0.3 is 0 Å². The molecule has 2 saturated heterocycles. The predicted octanol–water partition coefficient (Wildman–Crippen LogP) is 1.08. The Kier molecular flexibility index (Phi) is 4.42. The first kappa shape index (κ1) is 13.3. The Bertz CT molecular complexity index is 227. The molecule has 2 aliphatic heterocycles. The molecule has 2 rings (SSSR count). The largest absolute Gasteiger partial charge is 0.390 e. The maximum atomic E-state index is 10.6. The molecule has 0 aliphatic carbocycles. The number of piperidine rings is 1. The van der Waals surface area contributed by atoms with Gasteiger partial charge in [0.05, 0.1) is 17.8 Å². The minimum Gasteiger partial charge on any atom is -0.390 e. The minimum atomic E-state index is -0.568. The second-order valence-electron chi connectivity index (χ2n) is 5.57. The van der Waals surface area contributed by atoms with Crippen molar-refractivity contribution in [2.45, 2.75) is 49.7 Å². The van der Waals surface area contributed by atoms with E-state index in [-0.39, 0.29) is 5.60 Å². The van der Waals surface area contributed by atoms with Gasteiger partial charge in [0.25, 0.3) is 0 Å². The van der Waals surface area contributed by atoms with Gasteiger partial charge in [0.2, 0.25) is 0 Å². The first-order valence-electron chi connectivity index (χ1n) is 6.74. The van der Waals surface area contributed by atoms with Crippen LogP contribution in [0.15, 0.2) is 0 Å². The van der Waals surface area contributed by atoms with Crippen molar-refractivity contribution in [2.75, 3.05) is 33.4 Å². The molecule has 17 heavy (non-hydrogen) atoms. The Hall–Kier alpha value is -0.160. The molecule has 0 spiro atoms. The first-order valence-corrected chi connectivity index (χ1v) is 6.74. The van der Waals surface area contributed by atoms with E-state index >= 15 is 0 Å². The van der Waals surface area contributed by atoms with E-state index < -0.39 is 5.60 Å². The van der Waals surface area contributed by atoms with E-state index in [4.69, 9.17) is 9.47 Å². The molecule has 2 N–H and O–H groups in total. The van der Waals surface area contributed by atoms with E-state index in [0.717, 1.165) is 51.8 Å². The lowest BCUT2D eigenvalue weighted by Crippen LogP contribution is -2.51. The highest BCUT2D eigenvalue weighted by atomic mass is 16.5. The number of hydrogen-bond acceptors (Lipinski definition) is 4. The van der Waals surface area contributed by atoms with Crippen LogP contribution in [-0.2, 0) is 9.47 Å². The lowest BCUT2D eigenvalue weighted by molar-refractivity contribution is -0.158. The summed E-state index contributed by atoms with van der Waals surface area (Å²) in [5.41, 5.74) is -0.819. The van der Waals surface area contributed by atoms with E-state index in [1.807, 2.05) is 0 Å². The van der Waals surface area contributed by atoms with Crippen LogP contribution in [0.5, 0.6) is 0 Å². The topological polar surface area (TPSA) is 50.7 Å². The van der Waals surface area contributed by atoms with Gasteiger partial charge in [0, 0.05) is 20.1 Å². The number of ether oxygens (including phenoxy) is 2. The van der Waals surface area contributed by atoms with Gasteiger partial charge in [-0.2, -0.15) is 0 Å². The summed E-state index contributed by atoms with van der Waals surface area (Å²) in [6, 6.07) is 0. The van der Waals surface area contributed by atoms with Crippen LogP contribution in [0, 0.1) is 0 Å². The minimum absolute atomic E-state index is 0.251. The molecule has 0 aromatic carbocycles. The summed E-state index contributed by atoms with van der Waals surface area (Å²) in [7, 11) is 1.71. The van der Waals surface area contributed by atoms with Crippen molar-refractivity contribution < 1.29 is 14.6 Å². The third-order valence-corrected chi connectivity index (χ3v) is 4.03. The average molecular weight is 243 g/mol. The highest BCUT2D eigenvalue weighted by Gasteiger charge is 2.42. The standard InChI is InChI=1S/C13H25NO3/c1-16-11-13(4-2-3-9-17-13)10-12(15)5-7-14-8-6-12/h14-15H,2-11H2,1H3. The second-order valence-corrected chi connectivity index (χ2v) is 5.57. The molecule has 4 nitrogen and oxygen atoms in total. The van der Waals surface area contributed by atoms with Crippen molar-refractivity contribution in [3.05, 3.63) is 0 Å². The molecule has 4 heteroatoms. The van der Waals surface area contributed by atoms with Crippen molar-refractivity contribution in [3.8, 4) is 0 Å². The molecular weight excluding hydrogens is 218 g/mol. The van der Waals surface area contributed by atoms with Gasteiger partial charge in [0.15, 0.2) is 0 Å². The third kappa shape index (κ3) is 3.41. The normalized spacial score (nSPS) is 33.5. The van der Waals surface area contributed by atoms with Crippen LogP contribution in [0.2, 0.25) is 0 Å². The smallest absolute Gasteiger partial charge is 0.0942 e. The van der Waals surface area contributed by atoms with Gasteiger partial charge in [-0.3, -0.25) is 0 Å². The Morgan fingerprint density at radius 2 is 2.00 bits per heavy atom. The van der Waals surface area contributed by atoms with E-state index in [1.54, 1.807) is 7.11 Å². The first-order chi connectivity index (χ1) is 8.18. The Labute approximate surface area is 104 Å². The molecule has 2 heterocycles. The zero-order valence-corrected chi connectivity index (χ0v) is 10.8. The average Bonchev–Trinajstić information content (AvgIpc) is 2.30. The Morgan fingerprint density at radius 1 is 1.24 bits per heavy atom. The molecule has 2 aliphatic rings. The summed E-state index contributed by atoms with van der Waals surface area (Å²) in [6.07, 6.45) is 5.68. The fourth-order valence-corrected chi connectivity index (χ4v) is 3.15. The summed E-state index contributed by atoms with van der Waals surface area (Å²) in [6.45, 7) is 3.21. The van der Waals surface area contributed by atoms with E-state index in [9.17, 15) is 5.11 Å². The Morgan fingerprint density at radius 3 is 2.59 bits per heavy atom. The van der Waals surface area contributed by atoms with Crippen molar-refractivity contribution in [3.63, 3.8) is 0 Å². The number of nitrogens with one attached hydrogen (secondary N) is 1. The van der Waals surface area contributed by atoms with Crippen molar-refractivity contribution in [2.24, 2.45) is 0 Å². The number of hydrogen-bond donors (Lipinski definition) is 2. The Balaban J connectivity index is 2.00. The summed E-state index contributed by atoms with van der Waals surface area (Å²) in [5, 5.41) is 13.9. The van der Waals surface area contributed by atoms with Crippen LogP contribution in [0.1, 0.15) is 38.5 Å². The fourth-order valence-electron chi connectivity index (χ4n) is 3.15. The lowest BCUT2D eigenvalue weighted by Gasteiger charge is -2.44. The zero-order chi connectivity index (χ0) is 12.2. The number of aliphatic hydroxyl groups is 1. The van der Waals surface area contributed by atoms with Crippen molar-refractivity contribution in [1.82, 2.24) is 5.32 Å². The maximum absolute atomic E-state index is 10.6. The molecule has 100 valence electrons. The third-order valence-electron chi connectivity index (χ3n) is 4.03. The molecule has 2 fully saturated rings. The highest BCUT2D eigenvalue weighted by Crippen LogP contribution is 2.36. The molecule has 1 atom stereocenters. The van der Waals surface area contributed by atoms with Gasteiger partial charge < -0.3 is 19.9 Å². The van der Waals surface area contributed by atoms with Crippen LogP contribution >= 0.6 is 0 Å². The van der Waals surface area contributed by atoms with Gasteiger partial charge in [-0.05, 0) is 45.2 Å². The van der Waals surface area contributed by atoms with Crippen LogP contribution in [0.25, 0.3) is 0 Å². The van der Waals surface area contributed by atoms with Crippen molar-refractivity contribution in [1.29, 1.82) is 0 Å². The summed E-state index contributed by atoms with van der Waals surface area (Å²) >= 11 is 0. The van der Waals surface area contributed by atoms with Gasteiger partial charge in [0.1, 0.15) is 0 Å². The van der Waals surface area contributed by atoms with E-state index in [2.05, 4.69) is 5.32 Å². The summed E-state index contributed by atoms with van der Waals surface area (Å²) in [4.78, 5) is 0. The summed E-state index contributed by atoms with van der Waals surface area (Å²) < 4.78 is 11.3. The second kappa shape index (κ2) is 5.65. The van der Waals surface area contributed by atoms with Crippen LogP contribution in [-0.4, -0.2) is 49.7 Å².